The maximum atomic E-state index is 12.8. The molecular formula is C44H47NO7. The van der Waals surface area contributed by atoms with E-state index in [0.717, 1.165) is 28.5 Å². The van der Waals surface area contributed by atoms with Gasteiger partial charge in [-0.25, -0.2) is 0 Å². The number of para-hydroxylation sites is 1. The molecule has 0 bridgehead atoms. The highest BCUT2D eigenvalue weighted by atomic mass is 16.6. The molecule has 6 unspecified atom stereocenters. The molecule has 6 rings (SSSR count). The van der Waals surface area contributed by atoms with Crippen LogP contribution in [0.25, 0.3) is 0 Å². The summed E-state index contributed by atoms with van der Waals surface area (Å²) in [5.74, 6) is 0.654. The summed E-state index contributed by atoms with van der Waals surface area (Å²) in [6, 6.07) is 47.6. The highest BCUT2D eigenvalue weighted by Crippen LogP contribution is 2.37. The molecule has 1 aliphatic rings. The van der Waals surface area contributed by atoms with Crippen LogP contribution in [0.1, 0.15) is 28.7 Å². The van der Waals surface area contributed by atoms with E-state index in [-0.39, 0.29) is 39.5 Å². The summed E-state index contributed by atoms with van der Waals surface area (Å²) < 4.78 is 32.5. The van der Waals surface area contributed by atoms with E-state index in [0.29, 0.717) is 12.4 Å². The number of aliphatic hydroxyl groups is 1. The molecule has 1 aliphatic carbocycles. The van der Waals surface area contributed by atoms with E-state index in [2.05, 4.69) is 5.32 Å². The number of rotatable bonds is 19. The molecular weight excluding hydrogens is 654 g/mol. The molecule has 1 fully saturated rings. The van der Waals surface area contributed by atoms with Crippen LogP contribution in [0.3, 0.4) is 0 Å². The Labute approximate surface area is 306 Å². The van der Waals surface area contributed by atoms with Gasteiger partial charge in [-0.05, 0) is 40.8 Å². The van der Waals surface area contributed by atoms with Crippen molar-refractivity contribution in [1.29, 1.82) is 0 Å². The van der Waals surface area contributed by atoms with Crippen LogP contribution < -0.4 is 10.1 Å². The maximum Gasteiger partial charge on any atom is 0.140 e. The van der Waals surface area contributed by atoms with Gasteiger partial charge in [-0.15, -0.1) is 0 Å². The van der Waals surface area contributed by atoms with Gasteiger partial charge in [0.2, 0.25) is 0 Å². The van der Waals surface area contributed by atoms with Crippen molar-refractivity contribution in [1.82, 2.24) is 5.32 Å². The molecule has 52 heavy (non-hydrogen) atoms. The molecule has 0 amide bonds. The first-order valence-corrected chi connectivity index (χ1v) is 17.8. The van der Waals surface area contributed by atoms with E-state index >= 15 is 0 Å². The van der Waals surface area contributed by atoms with Crippen molar-refractivity contribution in [2.24, 2.45) is 0 Å². The zero-order valence-electron chi connectivity index (χ0n) is 29.2. The molecule has 0 saturated heterocycles. The number of carbonyl (C=O) groups is 1. The van der Waals surface area contributed by atoms with E-state index in [1.807, 2.05) is 152 Å². The van der Waals surface area contributed by atoms with Crippen LogP contribution in [-0.4, -0.2) is 60.6 Å². The first-order chi connectivity index (χ1) is 25.6. The Hall–Kier alpha value is -4.67. The summed E-state index contributed by atoms with van der Waals surface area (Å²) in [6.45, 7) is 1.13. The lowest BCUT2D eigenvalue weighted by molar-refractivity contribution is -0.256. The summed E-state index contributed by atoms with van der Waals surface area (Å²) >= 11 is 0. The second-order valence-corrected chi connectivity index (χ2v) is 13.2. The molecule has 5 aromatic carbocycles. The predicted molar refractivity (Wildman–Crippen MR) is 199 cm³/mol. The molecule has 2 N–H and O–H groups in total. The average Bonchev–Trinajstić information content (AvgIpc) is 3.20. The van der Waals surface area contributed by atoms with Crippen molar-refractivity contribution in [3.05, 3.63) is 174 Å². The summed E-state index contributed by atoms with van der Waals surface area (Å²) in [7, 11) is 0. The number of carbonyl (C=O) groups excluding carboxylic acids is 1. The molecule has 5 aromatic rings. The third-order valence-electron chi connectivity index (χ3n) is 9.19. The number of ether oxygens (including phenoxy) is 5. The third-order valence-corrected chi connectivity index (χ3v) is 9.19. The van der Waals surface area contributed by atoms with Crippen molar-refractivity contribution in [2.75, 3.05) is 13.2 Å². The van der Waals surface area contributed by atoms with Gasteiger partial charge in [-0.1, -0.05) is 140 Å². The molecule has 270 valence electrons. The van der Waals surface area contributed by atoms with Crippen LogP contribution in [0.4, 0.5) is 0 Å². The van der Waals surface area contributed by atoms with Gasteiger partial charge in [-0.3, -0.25) is 5.32 Å². The van der Waals surface area contributed by atoms with Crippen molar-refractivity contribution in [3.8, 4) is 5.75 Å². The normalized spacial score (nSPS) is 22.0. The van der Waals surface area contributed by atoms with Crippen LogP contribution in [0.2, 0.25) is 0 Å². The molecule has 8 heteroatoms. The fourth-order valence-corrected chi connectivity index (χ4v) is 6.58. The van der Waals surface area contributed by atoms with Gasteiger partial charge in [0, 0.05) is 6.04 Å². The Morgan fingerprint density at radius 2 is 1.06 bits per heavy atom. The maximum absolute atomic E-state index is 12.8. The van der Waals surface area contributed by atoms with E-state index < -0.39 is 36.0 Å². The van der Waals surface area contributed by atoms with Gasteiger partial charge in [0.05, 0.1) is 39.1 Å². The van der Waals surface area contributed by atoms with Crippen molar-refractivity contribution >= 4 is 6.29 Å². The first kappa shape index (κ1) is 37.1. The largest absolute Gasteiger partial charge is 0.492 e. The summed E-state index contributed by atoms with van der Waals surface area (Å²) in [5, 5.41) is 16.3. The zero-order chi connectivity index (χ0) is 35.9. The van der Waals surface area contributed by atoms with Gasteiger partial charge < -0.3 is 33.6 Å². The number of hydrogen-bond donors (Lipinski definition) is 2. The second-order valence-electron chi connectivity index (χ2n) is 13.2. The summed E-state index contributed by atoms with van der Waals surface area (Å²) in [6.07, 6.45) is -1.28. The van der Waals surface area contributed by atoms with E-state index in [1.54, 1.807) is 0 Å². The van der Waals surface area contributed by atoms with Crippen molar-refractivity contribution < 1.29 is 33.6 Å². The van der Waals surface area contributed by atoms with Crippen LogP contribution in [0.15, 0.2) is 152 Å². The van der Waals surface area contributed by atoms with Gasteiger partial charge in [0.25, 0.3) is 0 Å². The van der Waals surface area contributed by atoms with Crippen LogP contribution in [0.5, 0.6) is 5.75 Å². The van der Waals surface area contributed by atoms with E-state index in [9.17, 15) is 9.90 Å². The van der Waals surface area contributed by atoms with Crippen molar-refractivity contribution in [2.45, 2.75) is 68.8 Å². The third kappa shape index (κ3) is 10.7. The molecule has 0 aromatic heterocycles. The predicted octanol–water partition coefficient (Wildman–Crippen LogP) is 6.70. The lowest BCUT2D eigenvalue weighted by Gasteiger charge is -2.51. The monoisotopic (exact) mass is 701 g/mol. The van der Waals surface area contributed by atoms with Crippen LogP contribution in [-0.2, 0) is 50.2 Å². The first-order valence-electron chi connectivity index (χ1n) is 17.8. The molecule has 6 atom stereocenters. The molecule has 0 heterocycles. The molecule has 8 nitrogen and oxygen atoms in total. The van der Waals surface area contributed by atoms with Crippen LogP contribution in [0, 0.1) is 0 Å². The Bertz CT molecular complexity index is 1730. The quantitative estimate of drug-likeness (QED) is 0.0920. The fraction of sp³-hybridized carbons (Fsp3) is 0.295. The number of benzene rings is 5. The SMILES string of the molecule is O=CC(COc1ccccc1)NC1CC(O)(COCc2ccccc2)C(OCc2ccccc2)C(OCc2ccccc2)C1OCc1ccccc1. The standard InChI is InChI=1S/C44H47NO7/c46-27-38(32-49-39-24-14-5-15-25-39)45-40-26-44(47,33-48-28-34-16-6-1-7-17-34)43(52-31-37-22-12-4-13-23-37)42(51-30-36-20-10-3-11-21-36)41(40)50-29-35-18-8-2-9-19-35/h1-25,27,38,40-43,45,47H,26,28-33H2. The van der Waals surface area contributed by atoms with Crippen LogP contribution >= 0.6 is 0 Å². The zero-order valence-corrected chi connectivity index (χ0v) is 29.2. The second kappa shape index (κ2) is 19.2. The van der Waals surface area contributed by atoms with Gasteiger partial charge in [-0.2, -0.15) is 0 Å². The number of nitrogens with one attached hydrogen (secondary N) is 1. The van der Waals surface area contributed by atoms with Gasteiger partial charge in [0.15, 0.2) is 0 Å². The Kier molecular flexibility index (Phi) is 13.7. The van der Waals surface area contributed by atoms with E-state index in [4.69, 9.17) is 23.7 Å². The van der Waals surface area contributed by atoms with Crippen molar-refractivity contribution in [3.63, 3.8) is 0 Å². The summed E-state index contributed by atoms with van der Waals surface area (Å²) in [5.41, 5.74) is 2.35. The highest BCUT2D eigenvalue weighted by Gasteiger charge is 2.55. The average molecular weight is 702 g/mol. The van der Waals surface area contributed by atoms with E-state index in [1.165, 1.54) is 0 Å². The molecule has 0 spiro atoms. The Morgan fingerprint density at radius 1 is 0.615 bits per heavy atom. The minimum absolute atomic E-state index is 0.0393. The minimum atomic E-state index is -1.54. The Morgan fingerprint density at radius 3 is 1.56 bits per heavy atom. The number of aldehydes is 1. The molecule has 0 radical (unpaired) electrons. The lowest BCUT2D eigenvalue weighted by atomic mass is 9.75. The molecule has 1 saturated carbocycles. The Balaban J connectivity index is 1.33. The smallest absolute Gasteiger partial charge is 0.140 e. The van der Waals surface area contributed by atoms with Gasteiger partial charge >= 0.3 is 0 Å². The summed E-state index contributed by atoms with van der Waals surface area (Å²) in [4.78, 5) is 12.6. The lowest BCUT2D eigenvalue weighted by Crippen LogP contribution is -2.70. The highest BCUT2D eigenvalue weighted by molar-refractivity contribution is 5.58. The molecule has 0 aliphatic heterocycles. The minimum Gasteiger partial charge on any atom is -0.492 e. The topological polar surface area (TPSA) is 95.5 Å². The van der Waals surface area contributed by atoms with Gasteiger partial charge in [0.1, 0.15) is 42.6 Å². The number of hydrogen-bond acceptors (Lipinski definition) is 8. The fourth-order valence-electron chi connectivity index (χ4n) is 6.58.